The van der Waals surface area contributed by atoms with Gasteiger partial charge in [-0.05, 0) is 18.2 Å². The molecule has 0 fully saturated rings. The van der Waals surface area contributed by atoms with Gasteiger partial charge in [-0.2, -0.15) is 5.10 Å². The maximum atomic E-state index is 12.1. The minimum absolute atomic E-state index is 0.271. The fourth-order valence-electron chi connectivity index (χ4n) is 2.04. The normalized spacial score (nSPS) is 11.5. The van der Waals surface area contributed by atoms with E-state index in [2.05, 4.69) is 15.1 Å². The number of sulfonamides is 1. The molecule has 0 aliphatic rings. The fourth-order valence-corrected chi connectivity index (χ4v) is 3.26. The van der Waals surface area contributed by atoms with Crippen LogP contribution in [0, 0.1) is 0 Å². The number of aromatic nitrogens is 2. The molecule has 2 rings (SSSR count). The Bertz CT molecular complexity index is 695. The highest BCUT2D eigenvalue weighted by molar-refractivity contribution is 7.89. The third-order valence-corrected chi connectivity index (χ3v) is 4.58. The maximum absolute atomic E-state index is 12.1. The van der Waals surface area contributed by atoms with Crippen molar-refractivity contribution in [3.05, 3.63) is 42.2 Å². The van der Waals surface area contributed by atoms with Crippen LogP contribution in [0.5, 0.6) is 0 Å². The van der Waals surface area contributed by atoms with Gasteiger partial charge in [0, 0.05) is 32.8 Å². The summed E-state index contributed by atoms with van der Waals surface area (Å²) in [6.07, 6.45) is 2.62. The van der Waals surface area contributed by atoms with Crippen LogP contribution in [0.3, 0.4) is 0 Å². The number of nitrogens with zero attached hydrogens (tertiary/aromatic N) is 2. The monoisotopic (exact) mass is 308 g/mol. The molecule has 0 aliphatic carbocycles. The van der Waals surface area contributed by atoms with Crippen LogP contribution in [-0.4, -0.2) is 31.3 Å². The maximum Gasteiger partial charge on any atom is 0.242 e. The molecular weight excluding hydrogens is 288 g/mol. The predicted octanol–water partition coefficient (Wildman–Crippen LogP) is 1.37. The van der Waals surface area contributed by atoms with Crippen LogP contribution in [0.4, 0.5) is 5.69 Å². The van der Waals surface area contributed by atoms with Crippen molar-refractivity contribution < 1.29 is 8.42 Å². The quantitative estimate of drug-likeness (QED) is 0.810. The highest BCUT2D eigenvalue weighted by Gasteiger charge is 2.16. The predicted molar refractivity (Wildman–Crippen MR) is 82.7 cm³/mol. The van der Waals surface area contributed by atoms with E-state index < -0.39 is 10.0 Å². The van der Waals surface area contributed by atoms with E-state index in [1.165, 1.54) is 0 Å². The van der Waals surface area contributed by atoms with E-state index in [9.17, 15) is 8.42 Å². The van der Waals surface area contributed by atoms with Crippen LogP contribution in [0.1, 0.15) is 12.6 Å². The van der Waals surface area contributed by atoms with Gasteiger partial charge in [-0.1, -0.05) is 19.1 Å². The molecule has 6 nitrogen and oxygen atoms in total. The van der Waals surface area contributed by atoms with E-state index in [0.29, 0.717) is 18.8 Å². The van der Waals surface area contributed by atoms with E-state index in [-0.39, 0.29) is 4.90 Å². The summed E-state index contributed by atoms with van der Waals surface area (Å²) in [6, 6.07) is 8.84. The SMILES string of the molecule is CCNS(=O)(=O)c1ccccc1NCCc1ccn(C)n1. The molecule has 0 radical (unpaired) electrons. The van der Waals surface area contributed by atoms with Crippen LogP contribution >= 0.6 is 0 Å². The number of aryl methyl sites for hydroxylation is 1. The standard InChI is InChI=1S/C14H20N4O2S/c1-3-16-21(19,20)14-7-5-4-6-13(14)15-10-8-12-9-11-18(2)17-12/h4-7,9,11,15-16H,3,8,10H2,1-2H3. The number of para-hydroxylation sites is 1. The van der Waals surface area contributed by atoms with Crippen LogP contribution in [0.15, 0.2) is 41.4 Å². The van der Waals surface area contributed by atoms with E-state index >= 15 is 0 Å². The van der Waals surface area contributed by atoms with E-state index in [1.807, 2.05) is 25.4 Å². The number of anilines is 1. The minimum Gasteiger partial charge on any atom is -0.384 e. The largest absolute Gasteiger partial charge is 0.384 e. The highest BCUT2D eigenvalue weighted by atomic mass is 32.2. The Balaban J connectivity index is 2.06. The molecule has 0 bridgehead atoms. The lowest BCUT2D eigenvalue weighted by atomic mass is 10.3. The number of nitrogens with one attached hydrogen (secondary N) is 2. The smallest absolute Gasteiger partial charge is 0.242 e. The van der Waals surface area contributed by atoms with E-state index in [1.54, 1.807) is 29.8 Å². The molecule has 1 aromatic heterocycles. The lowest BCUT2D eigenvalue weighted by Crippen LogP contribution is -2.24. The molecule has 2 N–H and O–H groups in total. The molecule has 1 aromatic carbocycles. The van der Waals surface area contributed by atoms with Crippen molar-refractivity contribution in [2.45, 2.75) is 18.2 Å². The average molecular weight is 308 g/mol. The summed E-state index contributed by atoms with van der Waals surface area (Å²) in [5.41, 5.74) is 1.58. The summed E-state index contributed by atoms with van der Waals surface area (Å²) >= 11 is 0. The first-order valence-electron chi connectivity index (χ1n) is 6.84. The molecule has 0 saturated carbocycles. The molecule has 114 valence electrons. The van der Waals surface area contributed by atoms with Gasteiger partial charge in [0.15, 0.2) is 0 Å². The van der Waals surface area contributed by atoms with Gasteiger partial charge in [-0.25, -0.2) is 13.1 Å². The third-order valence-electron chi connectivity index (χ3n) is 2.98. The molecule has 0 amide bonds. The summed E-state index contributed by atoms with van der Waals surface area (Å²) in [5.74, 6) is 0. The van der Waals surface area contributed by atoms with Crippen molar-refractivity contribution in [2.24, 2.45) is 7.05 Å². The molecule has 0 atom stereocenters. The Morgan fingerprint density at radius 2 is 2.00 bits per heavy atom. The molecular formula is C14H20N4O2S. The Kier molecular flexibility index (Phi) is 4.98. The Morgan fingerprint density at radius 1 is 1.24 bits per heavy atom. The number of rotatable bonds is 7. The van der Waals surface area contributed by atoms with Crippen LogP contribution in [0.2, 0.25) is 0 Å². The van der Waals surface area contributed by atoms with Crippen LogP contribution < -0.4 is 10.0 Å². The van der Waals surface area contributed by atoms with Crippen molar-refractivity contribution in [3.8, 4) is 0 Å². The van der Waals surface area contributed by atoms with Crippen molar-refractivity contribution in [1.29, 1.82) is 0 Å². The summed E-state index contributed by atoms with van der Waals surface area (Å²) in [6.45, 7) is 2.74. The second-order valence-corrected chi connectivity index (χ2v) is 6.39. The number of hydrogen-bond acceptors (Lipinski definition) is 4. The highest BCUT2D eigenvalue weighted by Crippen LogP contribution is 2.20. The van der Waals surface area contributed by atoms with Gasteiger partial charge >= 0.3 is 0 Å². The average Bonchev–Trinajstić information content (AvgIpc) is 2.85. The van der Waals surface area contributed by atoms with Crippen molar-refractivity contribution in [2.75, 3.05) is 18.4 Å². The molecule has 0 spiro atoms. The molecule has 2 aromatic rings. The summed E-state index contributed by atoms with van der Waals surface area (Å²) in [7, 11) is -1.59. The topological polar surface area (TPSA) is 76.0 Å². The van der Waals surface area contributed by atoms with Crippen molar-refractivity contribution >= 4 is 15.7 Å². The summed E-state index contributed by atoms with van der Waals surface area (Å²) < 4.78 is 28.5. The van der Waals surface area contributed by atoms with E-state index in [0.717, 1.165) is 12.1 Å². The second kappa shape index (κ2) is 6.73. The zero-order chi connectivity index (χ0) is 15.3. The van der Waals surface area contributed by atoms with Gasteiger partial charge in [0.05, 0.1) is 11.4 Å². The number of hydrogen-bond donors (Lipinski definition) is 2. The fraction of sp³-hybridized carbons (Fsp3) is 0.357. The third kappa shape index (κ3) is 4.05. The lowest BCUT2D eigenvalue weighted by Gasteiger charge is -2.12. The van der Waals surface area contributed by atoms with Gasteiger partial charge in [0.25, 0.3) is 0 Å². The minimum atomic E-state index is -3.46. The summed E-state index contributed by atoms with van der Waals surface area (Å²) in [5, 5.41) is 7.46. The number of benzene rings is 1. The van der Waals surface area contributed by atoms with Gasteiger partial charge in [0.2, 0.25) is 10.0 Å². The van der Waals surface area contributed by atoms with Crippen LogP contribution in [-0.2, 0) is 23.5 Å². The molecule has 1 heterocycles. The zero-order valence-electron chi connectivity index (χ0n) is 12.2. The van der Waals surface area contributed by atoms with Crippen molar-refractivity contribution in [1.82, 2.24) is 14.5 Å². The molecule has 7 heteroatoms. The second-order valence-electron chi connectivity index (χ2n) is 4.66. The van der Waals surface area contributed by atoms with Gasteiger partial charge in [-0.3, -0.25) is 4.68 Å². The van der Waals surface area contributed by atoms with Crippen molar-refractivity contribution in [3.63, 3.8) is 0 Å². The summed E-state index contributed by atoms with van der Waals surface area (Å²) in [4.78, 5) is 0.271. The first-order chi connectivity index (χ1) is 10.0. The molecule has 21 heavy (non-hydrogen) atoms. The lowest BCUT2D eigenvalue weighted by molar-refractivity contribution is 0.584. The van der Waals surface area contributed by atoms with Gasteiger partial charge < -0.3 is 5.32 Å². The van der Waals surface area contributed by atoms with Gasteiger partial charge in [-0.15, -0.1) is 0 Å². The Labute approximate surface area is 125 Å². The first kappa shape index (κ1) is 15.5. The van der Waals surface area contributed by atoms with Gasteiger partial charge in [0.1, 0.15) is 4.90 Å². The Morgan fingerprint density at radius 3 is 2.67 bits per heavy atom. The van der Waals surface area contributed by atoms with E-state index in [4.69, 9.17) is 0 Å². The first-order valence-corrected chi connectivity index (χ1v) is 8.32. The zero-order valence-corrected chi connectivity index (χ0v) is 13.0. The molecule has 0 saturated heterocycles. The van der Waals surface area contributed by atoms with Crippen LogP contribution in [0.25, 0.3) is 0 Å². The molecule has 0 unspecified atom stereocenters. The molecule has 0 aliphatic heterocycles. The Hall–Kier alpha value is -1.86.